The molecule has 2 saturated heterocycles. The van der Waals surface area contributed by atoms with Gasteiger partial charge in [-0.25, -0.2) is 12.8 Å². The molecule has 9 heteroatoms. The van der Waals surface area contributed by atoms with Gasteiger partial charge in [-0.3, -0.25) is 0 Å². The molecule has 0 bridgehead atoms. The fourth-order valence-corrected chi connectivity index (χ4v) is 5.02. The molecule has 2 atom stereocenters. The Morgan fingerprint density at radius 3 is 2.43 bits per heavy atom. The summed E-state index contributed by atoms with van der Waals surface area (Å²) < 4.78 is 40.8. The molecule has 0 aromatic heterocycles. The summed E-state index contributed by atoms with van der Waals surface area (Å²) in [5.41, 5.74) is 0. The minimum Gasteiger partial charge on any atom is -0.316 e. The highest BCUT2D eigenvalue weighted by atomic mass is 79.9. The third kappa shape index (κ3) is 3.09. The average Bonchev–Trinajstić information content (AvgIpc) is 2.94. The van der Waals surface area contributed by atoms with Crippen LogP contribution < -0.4 is 5.32 Å². The Morgan fingerprint density at radius 2 is 1.86 bits per heavy atom. The lowest BCUT2D eigenvalue weighted by Crippen LogP contribution is -2.32. The van der Waals surface area contributed by atoms with Crippen molar-refractivity contribution in [1.82, 2.24) is 9.62 Å². The molecule has 1 aromatic rings. The Labute approximate surface area is 142 Å². The first kappa shape index (κ1) is 17.4. The van der Waals surface area contributed by atoms with Gasteiger partial charge in [-0.1, -0.05) is 11.6 Å². The second kappa shape index (κ2) is 6.29. The van der Waals surface area contributed by atoms with Gasteiger partial charge in [0.2, 0.25) is 10.0 Å². The normalized spacial score (nSPS) is 25.7. The largest absolute Gasteiger partial charge is 0.316 e. The van der Waals surface area contributed by atoms with Gasteiger partial charge in [0.05, 0.1) is 5.02 Å². The maximum atomic E-state index is 14.0. The zero-order chi connectivity index (χ0) is 14.5. The molecule has 2 fully saturated rings. The molecule has 0 spiro atoms. The number of sulfonamides is 1. The number of hydrogen-bond donors (Lipinski definition) is 1. The van der Waals surface area contributed by atoms with Crippen molar-refractivity contribution in [2.24, 2.45) is 11.8 Å². The third-order valence-electron chi connectivity index (χ3n) is 3.95. The van der Waals surface area contributed by atoms with Crippen LogP contribution in [0.25, 0.3) is 0 Å². The monoisotopic (exact) mass is 418 g/mol. The van der Waals surface area contributed by atoms with E-state index in [2.05, 4.69) is 21.2 Å². The number of benzene rings is 1. The van der Waals surface area contributed by atoms with Crippen molar-refractivity contribution in [1.29, 1.82) is 0 Å². The molecule has 4 nitrogen and oxygen atoms in total. The van der Waals surface area contributed by atoms with E-state index in [-0.39, 0.29) is 22.3 Å². The van der Waals surface area contributed by atoms with Crippen molar-refractivity contribution in [3.8, 4) is 0 Å². The van der Waals surface area contributed by atoms with Crippen LogP contribution in [0.4, 0.5) is 4.39 Å². The van der Waals surface area contributed by atoms with Gasteiger partial charge in [0.25, 0.3) is 0 Å². The highest BCUT2D eigenvalue weighted by molar-refractivity contribution is 9.10. The second-order valence-corrected chi connectivity index (χ2v) is 8.37. The van der Waals surface area contributed by atoms with Crippen LogP contribution in [0.3, 0.4) is 0 Å². The predicted molar refractivity (Wildman–Crippen MR) is 85.0 cm³/mol. The summed E-state index contributed by atoms with van der Waals surface area (Å²) in [5.74, 6) is -0.144. The first-order chi connectivity index (χ1) is 9.39. The molecule has 1 aromatic carbocycles. The molecule has 2 aliphatic rings. The van der Waals surface area contributed by atoms with Crippen LogP contribution in [0, 0.1) is 17.7 Å². The molecule has 0 amide bonds. The Kier molecular flexibility index (Phi) is 5.23. The number of nitrogens with zero attached hydrogens (tertiary/aromatic N) is 1. The molecule has 0 unspecified atom stereocenters. The van der Waals surface area contributed by atoms with Gasteiger partial charge in [-0.15, -0.1) is 12.4 Å². The van der Waals surface area contributed by atoms with Crippen molar-refractivity contribution >= 4 is 50.0 Å². The average molecular weight is 420 g/mol. The molecule has 118 valence electrons. The topological polar surface area (TPSA) is 49.4 Å². The van der Waals surface area contributed by atoms with E-state index in [9.17, 15) is 12.8 Å². The standard InChI is InChI=1S/C12H13BrClFN2O2S.ClH/c13-9-1-11(15)12(2-10(9)14)20(18,19)17-5-7-3-16-4-8(7)6-17;/h1-2,7-8,16H,3-6H2;1H/t7-,8+;. The Balaban J connectivity index is 0.00000161. The van der Waals surface area contributed by atoms with Crippen molar-refractivity contribution in [3.05, 3.63) is 27.4 Å². The zero-order valence-corrected chi connectivity index (χ0v) is 14.8. The fourth-order valence-electron chi connectivity index (χ4n) is 2.85. The maximum absolute atomic E-state index is 14.0. The first-order valence-corrected chi connectivity index (χ1v) is 8.86. The summed E-state index contributed by atoms with van der Waals surface area (Å²) in [5, 5.41) is 3.43. The minimum atomic E-state index is -3.83. The van der Waals surface area contributed by atoms with E-state index in [4.69, 9.17) is 11.6 Å². The summed E-state index contributed by atoms with van der Waals surface area (Å²) in [7, 11) is -3.83. The maximum Gasteiger partial charge on any atom is 0.246 e. The molecule has 0 saturated carbocycles. The molecule has 1 N–H and O–H groups in total. The molecule has 3 rings (SSSR count). The van der Waals surface area contributed by atoms with E-state index in [1.165, 1.54) is 10.4 Å². The van der Waals surface area contributed by atoms with Crippen molar-refractivity contribution in [2.75, 3.05) is 26.2 Å². The SMILES string of the molecule is Cl.O=S(=O)(c1cc(Cl)c(Br)cc1F)N1C[C@H]2CNC[C@H]2C1. The molecule has 2 heterocycles. The molecular formula is C12H14BrCl2FN2O2S. The van der Waals surface area contributed by atoms with Gasteiger partial charge in [0, 0.05) is 17.6 Å². The van der Waals surface area contributed by atoms with Gasteiger partial charge in [0.1, 0.15) is 10.7 Å². The lowest BCUT2D eigenvalue weighted by Gasteiger charge is -2.18. The smallest absolute Gasteiger partial charge is 0.246 e. The zero-order valence-electron chi connectivity index (χ0n) is 10.9. The second-order valence-electron chi connectivity index (χ2n) is 5.20. The highest BCUT2D eigenvalue weighted by Crippen LogP contribution is 2.34. The summed E-state index contributed by atoms with van der Waals surface area (Å²) >= 11 is 8.97. The Hall–Kier alpha value is 0.0800. The van der Waals surface area contributed by atoms with Crippen LogP contribution >= 0.6 is 39.9 Å². The summed E-state index contributed by atoms with van der Waals surface area (Å²) in [6.45, 7) is 2.51. The van der Waals surface area contributed by atoms with Crippen molar-refractivity contribution in [2.45, 2.75) is 4.90 Å². The molecule has 21 heavy (non-hydrogen) atoms. The first-order valence-electron chi connectivity index (χ1n) is 6.25. The number of halogens is 4. The van der Waals surface area contributed by atoms with Crippen LogP contribution in [0.2, 0.25) is 5.02 Å². The van der Waals surface area contributed by atoms with Gasteiger partial charge in [-0.05, 0) is 53.0 Å². The molecular weight excluding hydrogens is 406 g/mol. The number of rotatable bonds is 2. The number of hydrogen-bond acceptors (Lipinski definition) is 3. The molecule has 0 radical (unpaired) electrons. The fraction of sp³-hybridized carbons (Fsp3) is 0.500. The Bertz CT molecular complexity index is 647. The lowest BCUT2D eigenvalue weighted by atomic mass is 10.0. The van der Waals surface area contributed by atoms with E-state index in [0.717, 1.165) is 19.2 Å². The van der Waals surface area contributed by atoms with Gasteiger partial charge < -0.3 is 5.32 Å². The summed E-state index contributed by atoms with van der Waals surface area (Å²) in [6.07, 6.45) is 0. The molecule has 2 aliphatic heterocycles. The van der Waals surface area contributed by atoms with Crippen LogP contribution in [-0.2, 0) is 10.0 Å². The van der Waals surface area contributed by atoms with E-state index in [0.29, 0.717) is 29.4 Å². The van der Waals surface area contributed by atoms with Crippen molar-refractivity contribution < 1.29 is 12.8 Å². The number of nitrogens with one attached hydrogen (secondary N) is 1. The van der Waals surface area contributed by atoms with Crippen molar-refractivity contribution in [3.63, 3.8) is 0 Å². The van der Waals surface area contributed by atoms with Crippen LogP contribution in [0.15, 0.2) is 21.5 Å². The number of fused-ring (bicyclic) bond motifs is 1. The molecule has 0 aliphatic carbocycles. The van der Waals surface area contributed by atoms with Gasteiger partial charge in [0.15, 0.2) is 0 Å². The van der Waals surface area contributed by atoms with E-state index < -0.39 is 15.8 Å². The highest BCUT2D eigenvalue weighted by Gasteiger charge is 2.42. The van der Waals surface area contributed by atoms with E-state index in [1.807, 2.05) is 0 Å². The van der Waals surface area contributed by atoms with E-state index in [1.54, 1.807) is 0 Å². The Morgan fingerprint density at radius 1 is 1.29 bits per heavy atom. The minimum absolute atomic E-state index is 0. The van der Waals surface area contributed by atoms with Crippen LogP contribution in [0.5, 0.6) is 0 Å². The van der Waals surface area contributed by atoms with E-state index >= 15 is 0 Å². The summed E-state index contributed by atoms with van der Waals surface area (Å²) in [6, 6.07) is 2.26. The lowest BCUT2D eigenvalue weighted by molar-refractivity contribution is 0.443. The van der Waals surface area contributed by atoms with Gasteiger partial charge in [-0.2, -0.15) is 4.31 Å². The predicted octanol–water partition coefficient (Wildman–Crippen LogP) is 2.50. The summed E-state index contributed by atoms with van der Waals surface area (Å²) in [4.78, 5) is -0.348. The quantitative estimate of drug-likeness (QED) is 0.749. The van der Waals surface area contributed by atoms with Gasteiger partial charge >= 0.3 is 0 Å². The third-order valence-corrected chi connectivity index (χ3v) is 6.99. The van der Waals surface area contributed by atoms with Crippen LogP contribution in [-0.4, -0.2) is 38.9 Å². The van der Waals surface area contributed by atoms with Crippen LogP contribution in [0.1, 0.15) is 0 Å².